The molecule has 0 aliphatic rings. The zero-order valence-corrected chi connectivity index (χ0v) is 19.9. The van der Waals surface area contributed by atoms with Crippen LogP contribution in [0.15, 0.2) is 48.5 Å². The summed E-state index contributed by atoms with van der Waals surface area (Å²) >= 11 is 10.4. The maximum absolute atomic E-state index is 12.2. The van der Waals surface area contributed by atoms with E-state index < -0.39 is 5.56 Å². The molecule has 2 aromatic carbocycles. The van der Waals surface area contributed by atoms with Crippen molar-refractivity contribution in [1.29, 1.82) is 10.5 Å². The largest absolute Gasteiger partial charge is 0.335 e. The molecule has 8 nitrogen and oxygen atoms in total. The van der Waals surface area contributed by atoms with Gasteiger partial charge in [0.2, 0.25) is 11.8 Å². The summed E-state index contributed by atoms with van der Waals surface area (Å²) < 4.78 is 2.13. The molecular weight excluding hydrogens is 582 g/mol. The van der Waals surface area contributed by atoms with Gasteiger partial charge in [-0.2, -0.15) is 15.5 Å². The van der Waals surface area contributed by atoms with Crippen LogP contribution in [-0.4, -0.2) is 15.2 Å². The first-order chi connectivity index (χ1) is 14.4. The average molecular weight is 594 g/mol. The fourth-order valence-corrected chi connectivity index (χ4v) is 4.45. The summed E-state index contributed by atoms with van der Waals surface area (Å²) in [5.41, 5.74) is 2.24. The van der Waals surface area contributed by atoms with Gasteiger partial charge in [-0.3, -0.25) is 4.79 Å². The van der Waals surface area contributed by atoms with Gasteiger partial charge in [0.1, 0.15) is 0 Å². The third kappa shape index (κ3) is 5.25. The standard InChI is InChI=1S/C19H12Br3N7O/c20-12-8-11(9-24)3-4-15(12)25-17-18(30)28-29-19(27-17)26-16-13(21)6-10(2-1-5-23)7-14(16)22/h3-4,6-8H,1-2H2,(H,28,30)(H2,25,26,27,29). The monoisotopic (exact) mass is 591 g/mol. The Morgan fingerprint density at radius 1 is 1.03 bits per heavy atom. The summed E-state index contributed by atoms with van der Waals surface area (Å²) in [4.78, 5) is 16.4. The molecule has 0 radical (unpaired) electrons. The van der Waals surface area contributed by atoms with E-state index in [2.05, 4.69) is 79.7 Å². The number of hydrogen-bond donors (Lipinski definition) is 3. The molecule has 0 fully saturated rings. The van der Waals surface area contributed by atoms with Crippen LogP contribution in [0.4, 0.5) is 23.1 Å². The van der Waals surface area contributed by atoms with E-state index in [4.69, 9.17) is 10.5 Å². The maximum Gasteiger partial charge on any atom is 0.307 e. The fourth-order valence-electron chi connectivity index (χ4n) is 2.49. The van der Waals surface area contributed by atoms with Gasteiger partial charge in [0, 0.05) is 19.8 Å². The van der Waals surface area contributed by atoms with Crippen molar-refractivity contribution in [2.24, 2.45) is 0 Å². The smallest absolute Gasteiger partial charge is 0.307 e. The van der Waals surface area contributed by atoms with E-state index in [0.29, 0.717) is 34.3 Å². The Labute approximate surface area is 196 Å². The van der Waals surface area contributed by atoms with Gasteiger partial charge < -0.3 is 10.6 Å². The van der Waals surface area contributed by atoms with Crippen LogP contribution in [0.5, 0.6) is 0 Å². The van der Waals surface area contributed by atoms with Gasteiger partial charge in [-0.25, -0.2) is 5.10 Å². The van der Waals surface area contributed by atoms with Crippen LogP contribution < -0.4 is 16.2 Å². The molecule has 0 bridgehead atoms. The third-order valence-corrected chi connectivity index (χ3v) is 5.82. The van der Waals surface area contributed by atoms with E-state index in [1.165, 1.54) is 0 Å². The quantitative estimate of drug-likeness (QED) is 0.355. The molecule has 0 spiro atoms. The number of halogens is 3. The van der Waals surface area contributed by atoms with Crippen molar-refractivity contribution in [3.63, 3.8) is 0 Å². The van der Waals surface area contributed by atoms with Crippen LogP contribution in [0, 0.1) is 22.7 Å². The Morgan fingerprint density at radius 3 is 2.40 bits per heavy atom. The first-order valence-corrected chi connectivity index (χ1v) is 10.8. The van der Waals surface area contributed by atoms with Crippen LogP contribution in [-0.2, 0) is 6.42 Å². The number of aromatic amines is 1. The van der Waals surface area contributed by atoms with E-state index in [1.807, 2.05) is 18.2 Å². The van der Waals surface area contributed by atoms with Crippen molar-refractivity contribution in [2.45, 2.75) is 12.8 Å². The summed E-state index contributed by atoms with van der Waals surface area (Å²) in [5, 5.41) is 30.1. The van der Waals surface area contributed by atoms with Crippen LogP contribution >= 0.6 is 47.8 Å². The molecule has 3 rings (SSSR count). The van der Waals surface area contributed by atoms with Gasteiger partial charge in [-0.15, -0.1) is 5.10 Å². The van der Waals surface area contributed by atoms with Crippen LogP contribution in [0.1, 0.15) is 17.5 Å². The Bertz CT molecular complexity index is 1220. The molecule has 0 unspecified atom stereocenters. The first-order valence-electron chi connectivity index (χ1n) is 8.46. The molecule has 0 aliphatic heterocycles. The zero-order chi connectivity index (χ0) is 21.7. The minimum absolute atomic E-state index is 0.0378. The number of nitrogens with zero attached hydrogens (tertiary/aromatic N) is 4. The van der Waals surface area contributed by atoms with Crippen molar-refractivity contribution < 1.29 is 0 Å². The highest BCUT2D eigenvalue weighted by molar-refractivity contribution is 9.11. The summed E-state index contributed by atoms with van der Waals surface area (Å²) in [7, 11) is 0. The van der Waals surface area contributed by atoms with E-state index >= 15 is 0 Å². The Kier molecular flexibility index (Phi) is 7.21. The number of rotatable bonds is 6. The summed E-state index contributed by atoms with van der Waals surface area (Å²) in [6.07, 6.45) is 1.06. The summed E-state index contributed by atoms with van der Waals surface area (Å²) in [6.45, 7) is 0. The minimum atomic E-state index is -0.498. The van der Waals surface area contributed by atoms with Crippen molar-refractivity contribution in [3.05, 3.63) is 65.2 Å². The number of nitrogens with one attached hydrogen (secondary N) is 3. The number of nitriles is 2. The molecule has 30 heavy (non-hydrogen) atoms. The molecule has 11 heteroatoms. The van der Waals surface area contributed by atoms with Gasteiger partial charge >= 0.3 is 5.56 Å². The molecular formula is C19H12Br3N7O. The summed E-state index contributed by atoms with van der Waals surface area (Å²) in [6, 6.07) is 12.9. The van der Waals surface area contributed by atoms with Crippen molar-refractivity contribution in [3.8, 4) is 12.1 Å². The van der Waals surface area contributed by atoms with Crippen LogP contribution in [0.2, 0.25) is 0 Å². The molecule has 3 aromatic rings. The second-order valence-corrected chi connectivity index (χ2v) is 8.55. The first kappa shape index (κ1) is 22.0. The van der Waals surface area contributed by atoms with Gasteiger partial charge in [0.05, 0.1) is 29.1 Å². The number of aryl methyl sites for hydroxylation is 1. The Hall–Kier alpha value is -2.73. The highest BCUT2D eigenvalue weighted by Crippen LogP contribution is 2.34. The third-order valence-electron chi connectivity index (χ3n) is 3.91. The highest BCUT2D eigenvalue weighted by Gasteiger charge is 2.12. The SMILES string of the molecule is N#CCCc1cc(Br)c(Nc2n[nH]c(=O)c(Nc3ccc(C#N)cc3Br)n2)c(Br)c1. The molecule has 3 N–H and O–H groups in total. The van der Waals surface area contributed by atoms with Crippen molar-refractivity contribution >= 4 is 70.9 Å². The van der Waals surface area contributed by atoms with E-state index in [9.17, 15) is 4.79 Å². The topological polar surface area (TPSA) is 130 Å². The highest BCUT2D eigenvalue weighted by atomic mass is 79.9. The number of anilines is 4. The predicted molar refractivity (Wildman–Crippen MR) is 124 cm³/mol. The molecule has 0 saturated heterocycles. The van der Waals surface area contributed by atoms with Gasteiger partial charge in [0.15, 0.2) is 0 Å². The van der Waals surface area contributed by atoms with Crippen molar-refractivity contribution in [2.75, 3.05) is 10.6 Å². The minimum Gasteiger partial charge on any atom is -0.335 e. The molecule has 0 saturated carbocycles. The molecule has 1 heterocycles. The van der Waals surface area contributed by atoms with Gasteiger partial charge in [-0.05, 0) is 90.1 Å². The van der Waals surface area contributed by atoms with E-state index in [1.54, 1.807) is 18.2 Å². The van der Waals surface area contributed by atoms with Crippen LogP contribution in [0.3, 0.4) is 0 Å². The average Bonchev–Trinajstić information content (AvgIpc) is 2.72. The Balaban J connectivity index is 1.87. The predicted octanol–water partition coefficient (Wildman–Crippen LogP) is 5.27. The van der Waals surface area contributed by atoms with Crippen LogP contribution in [0.25, 0.3) is 0 Å². The lowest BCUT2D eigenvalue weighted by atomic mass is 10.1. The Morgan fingerprint density at radius 2 is 1.77 bits per heavy atom. The van der Waals surface area contributed by atoms with Crippen molar-refractivity contribution in [1.82, 2.24) is 15.2 Å². The normalized spacial score (nSPS) is 10.2. The maximum atomic E-state index is 12.2. The lowest BCUT2D eigenvalue weighted by molar-refractivity contribution is 0.944. The molecule has 0 aliphatic carbocycles. The van der Waals surface area contributed by atoms with E-state index in [0.717, 1.165) is 14.5 Å². The van der Waals surface area contributed by atoms with E-state index in [-0.39, 0.29) is 11.8 Å². The molecule has 0 amide bonds. The zero-order valence-electron chi connectivity index (χ0n) is 15.1. The fraction of sp³-hybridized carbons (Fsp3) is 0.105. The molecule has 0 atom stereocenters. The number of hydrogen-bond acceptors (Lipinski definition) is 7. The number of H-pyrrole nitrogens is 1. The second-order valence-electron chi connectivity index (χ2n) is 5.99. The second kappa shape index (κ2) is 9.85. The number of aromatic nitrogens is 3. The lowest BCUT2D eigenvalue weighted by Crippen LogP contribution is -2.17. The van der Waals surface area contributed by atoms with Gasteiger partial charge in [0.25, 0.3) is 0 Å². The van der Waals surface area contributed by atoms with Gasteiger partial charge in [-0.1, -0.05) is 0 Å². The summed E-state index contributed by atoms with van der Waals surface area (Å²) in [5.74, 6) is 0.212. The number of benzene rings is 2. The lowest BCUT2D eigenvalue weighted by Gasteiger charge is -2.12. The molecule has 1 aromatic heterocycles. The molecule has 150 valence electrons.